The van der Waals surface area contributed by atoms with Gasteiger partial charge in [-0.1, -0.05) is 18.2 Å². The number of hydrogen-bond donors (Lipinski definition) is 2. The number of amides is 1. The quantitative estimate of drug-likeness (QED) is 0.904. The molecule has 2 aromatic rings. The van der Waals surface area contributed by atoms with Gasteiger partial charge in [-0.25, -0.2) is 4.39 Å². The maximum Gasteiger partial charge on any atom is 0.252 e. The van der Waals surface area contributed by atoms with E-state index < -0.39 is 11.9 Å². The van der Waals surface area contributed by atoms with Crippen molar-refractivity contribution in [3.63, 3.8) is 0 Å². The summed E-state index contributed by atoms with van der Waals surface area (Å²) < 4.78 is 13.4. The Balaban J connectivity index is 1.98. The van der Waals surface area contributed by atoms with Crippen molar-refractivity contribution in [2.75, 3.05) is 6.54 Å². The average molecular weight is 279 g/mol. The number of aliphatic hydroxyl groups is 1. The first-order chi connectivity index (χ1) is 9.09. The molecular weight excluding hydrogens is 265 g/mol. The number of rotatable bonds is 4. The van der Waals surface area contributed by atoms with Gasteiger partial charge in [0.2, 0.25) is 0 Å². The molecule has 1 amide bonds. The van der Waals surface area contributed by atoms with Crippen LogP contribution in [-0.2, 0) is 0 Å². The third-order valence-corrected chi connectivity index (χ3v) is 3.68. The van der Waals surface area contributed by atoms with Crippen molar-refractivity contribution in [1.82, 2.24) is 5.32 Å². The predicted molar refractivity (Wildman–Crippen MR) is 72.7 cm³/mol. The zero-order valence-electron chi connectivity index (χ0n) is 10.4. The van der Waals surface area contributed by atoms with Gasteiger partial charge in [-0.05, 0) is 23.9 Å². The molecule has 19 heavy (non-hydrogen) atoms. The predicted octanol–water partition coefficient (Wildman–Crippen LogP) is 2.66. The second-order valence-corrected chi connectivity index (χ2v) is 4.96. The standard InChI is InChI=1S/C14H14FNO2S/c1-9-7-19-8-11(9)14(18)16-6-13(17)10-4-2-3-5-12(10)15/h2-5,7-8,13,17H,6H2,1H3,(H,16,18). The molecular formula is C14H14FNO2S. The highest BCUT2D eigenvalue weighted by Crippen LogP contribution is 2.17. The van der Waals surface area contributed by atoms with E-state index in [2.05, 4.69) is 5.32 Å². The highest BCUT2D eigenvalue weighted by Gasteiger charge is 2.15. The van der Waals surface area contributed by atoms with E-state index in [1.165, 1.54) is 23.5 Å². The van der Waals surface area contributed by atoms with Gasteiger partial charge in [-0.3, -0.25) is 4.79 Å². The van der Waals surface area contributed by atoms with Crippen LogP contribution in [0, 0.1) is 12.7 Å². The third kappa shape index (κ3) is 3.19. The van der Waals surface area contributed by atoms with E-state index in [9.17, 15) is 14.3 Å². The molecule has 0 bridgehead atoms. The Bertz CT molecular complexity index is 582. The van der Waals surface area contributed by atoms with Gasteiger partial charge in [0.25, 0.3) is 5.91 Å². The van der Waals surface area contributed by atoms with E-state index in [1.807, 2.05) is 12.3 Å². The normalized spacial score (nSPS) is 12.2. The fourth-order valence-corrected chi connectivity index (χ4v) is 2.56. The van der Waals surface area contributed by atoms with Gasteiger partial charge >= 0.3 is 0 Å². The first kappa shape index (κ1) is 13.7. The molecule has 1 aromatic heterocycles. The first-order valence-electron chi connectivity index (χ1n) is 5.83. The molecule has 0 saturated carbocycles. The molecule has 2 N–H and O–H groups in total. The van der Waals surface area contributed by atoms with Crippen molar-refractivity contribution in [1.29, 1.82) is 0 Å². The van der Waals surface area contributed by atoms with Gasteiger partial charge in [0.05, 0.1) is 11.7 Å². The van der Waals surface area contributed by atoms with Crippen LogP contribution in [-0.4, -0.2) is 17.6 Å². The lowest BCUT2D eigenvalue weighted by atomic mass is 10.1. The van der Waals surface area contributed by atoms with Crippen LogP contribution in [0.5, 0.6) is 0 Å². The summed E-state index contributed by atoms with van der Waals surface area (Å²) in [6, 6.07) is 5.98. The van der Waals surface area contributed by atoms with E-state index in [0.29, 0.717) is 5.56 Å². The first-order valence-corrected chi connectivity index (χ1v) is 6.77. The molecule has 0 spiro atoms. The average Bonchev–Trinajstić information content (AvgIpc) is 2.82. The summed E-state index contributed by atoms with van der Waals surface area (Å²) in [6.45, 7) is 1.83. The number of thiophene rings is 1. The number of carbonyl (C=O) groups excluding carboxylic acids is 1. The van der Waals surface area contributed by atoms with Crippen LogP contribution in [0.2, 0.25) is 0 Å². The van der Waals surface area contributed by atoms with Gasteiger partial charge < -0.3 is 10.4 Å². The van der Waals surface area contributed by atoms with E-state index in [0.717, 1.165) is 5.56 Å². The van der Waals surface area contributed by atoms with E-state index in [4.69, 9.17) is 0 Å². The van der Waals surface area contributed by atoms with Gasteiger partial charge in [0.15, 0.2) is 0 Å². The van der Waals surface area contributed by atoms with Crippen LogP contribution < -0.4 is 5.32 Å². The number of hydrogen-bond acceptors (Lipinski definition) is 3. The summed E-state index contributed by atoms with van der Waals surface area (Å²) in [7, 11) is 0. The second kappa shape index (κ2) is 5.95. The van der Waals surface area contributed by atoms with Crippen molar-refractivity contribution < 1.29 is 14.3 Å². The molecule has 0 aliphatic heterocycles. The molecule has 0 saturated heterocycles. The van der Waals surface area contributed by atoms with Crippen LogP contribution >= 0.6 is 11.3 Å². The Morgan fingerprint density at radius 1 is 1.42 bits per heavy atom. The van der Waals surface area contributed by atoms with Crippen LogP contribution in [0.15, 0.2) is 35.0 Å². The van der Waals surface area contributed by atoms with Gasteiger partial charge in [-0.2, -0.15) is 11.3 Å². The Labute approximate surface area is 114 Å². The summed E-state index contributed by atoms with van der Waals surface area (Å²) >= 11 is 1.44. The largest absolute Gasteiger partial charge is 0.386 e. The molecule has 0 radical (unpaired) electrons. The lowest BCUT2D eigenvalue weighted by Gasteiger charge is -2.12. The molecule has 0 fully saturated rings. The van der Waals surface area contributed by atoms with Gasteiger partial charge in [0.1, 0.15) is 5.82 Å². The highest BCUT2D eigenvalue weighted by molar-refractivity contribution is 7.08. The Kier molecular flexibility index (Phi) is 4.29. The van der Waals surface area contributed by atoms with Crippen LogP contribution in [0.1, 0.15) is 27.6 Å². The minimum Gasteiger partial charge on any atom is -0.386 e. The maximum atomic E-state index is 13.4. The Morgan fingerprint density at radius 2 is 2.16 bits per heavy atom. The Morgan fingerprint density at radius 3 is 2.79 bits per heavy atom. The smallest absolute Gasteiger partial charge is 0.252 e. The van der Waals surface area contributed by atoms with E-state index in [-0.39, 0.29) is 18.0 Å². The van der Waals surface area contributed by atoms with Gasteiger partial charge in [0, 0.05) is 17.5 Å². The minimum absolute atomic E-state index is 0.0188. The number of aliphatic hydroxyl groups excluding tert-OH is 1. The highest BCUT2D eigenvalue weighted by atomic mass is 32.1. The third-order valence-electron chi connectivity index (χ3n) is 2.82. The molecule has 5 heteroatoms. The fourth-order valence-electron chi connectivity index (χ4n) is 1.73. The topological polar surface area (TPSA) is 49.3 Å². The molecule has 3 nitrogen and oxygen atoms in total. The second-order valence-electron chi connectivity index (χ2n) is 4.22. The van der Waals surface area contributed by atoms with Crippen molar-refractivity contribution >= 4 is 17.2 Å². The fraction of sp³-hybridized carbons (Fsp3) is 0.214. The van der Waals surface area contributed by atoms with Crippen LogP contribution in [0.3, 0.4) is 0 Å². The SMILES string of the molecule is Cc1cscc1C(=O)NCC(O)c1ccccc1F. The minimum atomic E-state index is -1.05. The van der Waals surface area contributed by atoms with Crippen molar-refractivity contribution in [2.45, 2.75) is 13.0 Å². The molecule has 1 aromatic carbocycles. The molecule has 0 aliphatic rings. The van der Waals surface area contributed by atoms with Crippen molar-refractivity contribution in [2.24, 2.45) is 0 Å². The summed E-state index contributed by atoms with van der Waals surface area (Å²) in [6.07, 6.45) is -1.05. The molecule has 1 heterocycles. The number of nitrogens with one attached hydrogen (secondary N) is 1. The van der Waals surface area contributed by atoms with Crippen molar-refractivity contribution in [3.05, 3.63) is 57.5 Å². The molecule has 100 valence electrons. The summed E-state index contributed by atoms with van der Waals surface area (Å²) in [5.74, 6) is -0.731. The summed E-state index contributed by atoms with van der Waals surface area (Å²) in [5.41, 5.74) is 1.67. The van der Waals surface area contributed by atoms with E-state index in [1.54, 1.807) is 17.5 Å². The lowest BCUT2D eigenvalue weighted by Crippen LogP contribution is -2.28. The van der Waals surface area contributed by atoms with Gasteiger partial charge in [-0.15, -0.1) is 0 Å². The number of benzene rings is 1. The van der Waals surface area contributed by atoms with Crippen molar-refractivity contribution in [3.8, 4) is 0 Å². The molecule has 1 atom stereocenters. The van der Waals surface area contributed by atoms with E-state index >= 15 is 0 Å². The Hall–Kier alpha value is -1.72. The number of carbonyl (C=O) groups is 1. The maximum absolute atomic E-state index is 13.4. The van der Waals surface area contributed by atoms with Crippen LogP contribution in [0.4, 0.5) is 4.39 Å². The zero-order valence-corrected chi connectivity index (χ0v) is 11.2. The molecule has 2 rings (SSSR count). The summed E-state index contributed by atoms with van der Waals surface area (Å²) in [5, 5.41) is 16.1. The number of halogens is 1. The summed E-state index contributed by atoms with van der Waals surface area (Å²) in [4.78, 5) is 11.8. The molecule has 1 unspecified atom stereocenters. The zero-order chi connectivity index (χ0) is 13.8. The monoisotopic (exact) mass is 279 g/mol. The number of aryl methyl sites for hydroxylation is 1. The van der Waals surface area contributed by atoms with Crippen LogP contribution in [0.25, 0.3) is 0 Å². The molecule has 0 aliphatic carbocycles. The lowest BCUT2D eigenvalue weighted by molar-refractivity contribution is 0.0914.